The predicted octanol–water partition coefficient (Wildman–Crippen LogP) is 4.66. The van der Waals surface area contributed by atoms with Crippen LogP contribution in [0.25, 0.3) is 11.1 Å². The van der Waals surface area contributed by atoms with Gasteiger partial charge in [-0.15, -0.1) is 11.3 Å². The summed E-state index contributed by atoms with van der Waals surface area (Å²) >= 11 is 1.53. The first-order valence-electron chi connectivity index (χ1n) is 9.59. The fraction of sp³-hybridized carbons (Fsp3) is 0.286. The average Bonchev–Trinajstić information content (AvgIpc) is 3.14. The van der Waals surface area contributed by atoms with Gasteiger partial charge in [-0.05, 0) is 31.0 Å². The van der Waals surface area contributed by atoms with Crippen molar-refractivity contribution in [3.05, 3.63) is 64.1 Å². The van der Waals surface area contributed by atoms with Gasteiger partial charge in [0.2, 0.25) is 0 Å². The molecule has 2 atom stereocenters. The lowest BCUT2D eigenvalue weighted by molar-refractivity contribution is -0.0429. The minimum absolute atomic E-state index is 0.194. The number of alkyl halides is 3. The number of aromatic nitrogens is 1. The molecule has 2 N–H and O–H groups in total. The number of sulfonamides is 1. The summed E-state index contributed by atoms with van der Waals surface area (Å²) in [5.74, 6) is 0.204. The summed E-state index contributed by atoms with van der Waals surface area (Å²) in [6.45, 7) is 2.15. The van der Waals surface area contributed by atoms with Crippen molar-refractivity contribution in [2.24, 2.45) is 5.92 Å². The number of rotatable bonds is 5. The van der Waals surface area contributed by atoms with Crippen LogP contribution in [-0.4, -0.2) is 30.6 Å². The Morgan fingerprint density at radius 2 is 2.00 bits per heavy atom. The van der Waals surface area contributed by atoms with E-state index in [2.05, 4.69) is 4.98 Å². The molecule has 0 bridgehead atoms. The fourth-order valence-electron chi connectivity index (χ4n) is 3.58. The van der Waals surface area contributed by atoms with Crippen LogP contribution >= 0.6 is 11.3 Å². The average molecular weight is 485 g/mol. The van der Waals surface area contributed by atoms with Crippen LogP contribution in [-0.2, 0) is 16.4 Å². The van der Waals surface area contributed by atoms with Crippen molar-refractivity contribution in [3.8, 4) is 16.9 Å². The Balaban J connectivity index is 1.61. The number of thiazole rings is 1. The third-order valence-electron chi connectivity index (χ3n) is 5.16. The molecule has 11 heteroatoms. The van der Waals surface area contributed by atoms with E-state index >= 15 is 0 Å². The molecule has 0 saturated heterocycles. The Bertz CT molecular complexity index is 1240. The summed E-state index contributed by atoms with van der Waals surface area (Å²) in [4.78, 5) is 4.42. The van der Waals surface area contributed by atoms with Gasteiger partial charge >= 0.3 is 15.5 Å². The first-order valence-corrected chi connectivity index (χ1v) is 12.0. The van der Waals surface area contributed by atoms with Crippen molar-refractivity contribution in [3.63, 3.8) is 0 Å². The van der Waals surface area contributed by atoms with Gasteiger partial charge in [0.1, 0.15) is 5.75 Å². The molecule has 0 aliphatic carbocycles. The lowest BCUT2D eigenvalue weighted by Gasteiger charge is -2.30. The number of aryl methyl sites for hydroxylation is 1. The van der Waals surface area contributed by atoms with E-state index in [-0.39, 0.29) is 23.8 Å². The molecule has 32 heavy (non-hydrogen) atoms. The van der Waals surface area contributed by atoms with Gasteiger partial charge in [0, 0.05) is 22.4 Å². The Morgan fingerprint density at radius 3 is 2.69 bits per heavy atom. The largest absolute Gasteiger partial charge is 0.516 e. The van der Waals surface area contributed by atoms with Crippen molar-refractivity contribution < 1.29 is 31.4 Å². The third-order valence-corrected chi connectivity index (χ3v) is 7.08. The molecular formula is C21H19F3N2O4S2. The topological polar surface area (TPSA) is 88.5 Å². The summed E-state index contributed by atoms with van der Waals surface area (Å²) in [5.41, 5.74) is -3.51. The van der Waals surface area contributed by atoms with Gasteiger partial charge in [-0.25, -0.2) is 4.98 Å². The maximum absolute atomic E-state index is 12.8. The smallest absolute Gasteiger partial charge is 0.493 e. The quantitative estimate of drug-likeness (QED) is 0.550. The van der Waals surface area contributed by atoms with E-state index in [4.69, 9.17) is 4.74 Å². The highest BCUT2D eigenvalue weighted by atomic mass is 32.2. The monoisotopic (exact) mass is 484 g/mol. The number of benzene rings is 2. The molecule has 3 aromatic rings. The zero-order valence-electron chi connectivity index (χ0n) is 16.8. The van der Waals surface area contributed by atoms with Crippen LogP contribution in [0.1, 0.15) is 22.4 Å². The minimum atomic E-state index is -5.57. The van der Waals surface area contributed by atoms with Crippen LogP contribution in [0.5, 0.6) is 5.75 Å². The highest BCUT2D eigenvalue weighted by molar-refractivity contribution is 7.93. The predicted molar refractivity (Wildman–Crippen MR) is 115 cm³/mol. The molecule has 1 aliphatic rings. The fourth-order valence-corrected chi connectivity index (χ4v) is 4.79. The molecule has 1 aromatic heterocycles. The van der Waals surface area contributed by atoms with E-state index in [1.54, 1.807) is 29.0 Å². The van der Waals surface area contributed by atoms with Gasteiger partial charge in [0.25, 0.3) is 0 Å². The molecule has 2 aromatic carbocycles. The minimum Gasteiger partial charge on any atom is -0.493 e. The van der Waals surface area contributed by atoms with Gasteiger partial charge in [-0.3, -0.25) is 4.72 Å². The van der Waals surface area contributed by atoms with Crippen molar-refractivity contribution in [1.82, 2.24) is 4.98 Å². The number of nitrogens with zero attached hydrogens (tertiary/aromatic N) is 1. The molecule has 0 amide bonds. The van der Waals surface area contributed by atoms with E-state index in [9.17, 15) is 26.7 Å². The number of nitrogens with one attached hydrogen (secondary N) is 1. The van der Waals surface area contributed by atoms with Crippen LogP contribution in [0.4, 0.5) is 18.9 Å². The molecule has 0 saturated carbocycles. The maximum atomic E-state index is 12.8. The van der Waals surface area contributed by atoms with Crippen LogP contribution in [0.3, 0.4) is 0 Å². The van der Waals surface area contributed by atoms with Crippen LogP contribution < -0.4 is 9.46 Å². The molecule has 2 heterocycles. The van der Waals surface area contributed by atoms with Gasteiger partial charge in [-0.1, -0.05) is 30.3 Å². The molecule has 4 rings (SSSR count). The number of halogens is 3. The zero-order chi connectivity index (χ0) is 23.1. The Hall–Kier alpha value is -2.63. The number of aliphatic hydroxyl groups excluding tert-OH is 1. The number of hydrogen-bond donors (Lipinski definition) is 2. The van der Waals surface area contributed by atoms with Crippen LogP contribution in [0, 0.1) is 12.8 Å². The van der Waals surface area contributed by atoms with Gasteiger partial charge in [-0.2, -0.15) is 21.6 Å². The SMILES string of the molecule is Cc1nc(C[C@H]2COc3cc(-c4ccccc4NS(=O)(=O)C(F)(F)F)ccc3[C@@H]2O)cs1. The van der Waals surface area contributed by atoms with Gasteiger partial charge < -0.3 is 9.84 Å². The third kappa shape index (κ3) is 4.45. The molecule has 0 fully saturated rings. The van der Waals surface area contributed by atoms with Crippen molar-refractivity contribution >= 4 is 27.0 Å². The van der Waals surface area contributed by atoms with Crippen LogP contribution in [0.15, 0.2) is 47.8 Å². The Labute approximate surface area is 186 Å². The standard InChI is InChI=1S/C21H19F3N2O4S2/c1-12-25-15(11-31-12)8-14-10-30-19-9-13(6-7-17(19)20(14)27)16-4-2-3-5-18(16)26-32(28,29)21(22,23)24/h2-7,9,11,14,20,26-27H,8,10H2,1H3/t14-,20+/m0/s1. The van der Waals surface area contributed by atoms with Crippen molar-refractivity contribution in [2.75, 3.05) is 11.3 Å². The summed E-state index contributed by atoms with van der Waals surface area (Å²) in [6.07, 6.45) is -0.247. The highest BCUT2D eigenvalue weighted by Gasteiger charge is 2.46. The summed E-state index contributed by atoms with van der Waals surface area (Å²) in [7, 11) is -5.57. The lowest BCUT2D eigenvalue weighted by atomic mass is 9.88. The number of fused-ring (bicyclic) bond motifs is 1. The second kappa shape index (κ2) is 8.38. The first-order chi connectivity index (χ1) is 15.0. The molecule has 170 valence electrons. The number of para-hydroxylation sites is 1. The van der Waals surface area contributed by atoms with E-state index in [0.717, 1.165) is 10.7 Å². The first kappa shape index (κ1) is 22.6. The molecule has 0 unspecified atom stereocenters. The number of ether oxygens (including phenoxy) is 1. The van der Waals surface area contributed by atoms with Crippen molar-refractivity contribution in [1.29, 1.82) is 0 Å². The summed E-state index contributed by atoms with van der Waals surface area (Å²) in [5, 5.41) is 13.7. The summed E-state index contributed by atoms with van der Waals surface area (Å²) < 4.78 is 69.0. The van der Waals surface area contributed by atoms with E-state index in [1.807, 2.05) is 12.3 Å². The zero-order valence-corrected chi connectivity index (χ0v) is 18.4. The number of anilines is 1. The maximum Gasteiger partial charge on any atom is 0.516 e. The normalized spacial score (nSPS) is 18.7. The Kier molecular flexibility index (Phi) is 5.91. The van der Waals surface area contributed by atoms with E-state index in [1.165, 1.54) is 29.5 Å². The molecule has 1 aliphatic heterocycles. The highest BCUT2D eigenvalue weighted by Crippen LogP contribution is 2.41. The van der Waals surface area contributed by atoms with E-state index < -0.39 is 21.6 Å². The molecule has 6 nitrogen and oxygen atoms in total. The van der Waals surface area contributed by atoms with Gasteiger partial charge in [0.05, 0.1) is 29.1 Å². The van der Waals surface area contributed by atoms with Crippen molar-refractivity contribution in [2.45, 2.75) is 25.0 Å². The number of hydrogen-bond acceptors (Lipinski definition) is 6. The van der Waals surface area contributed by atoms with Crippen LogP contribution in [0.2, 0.25) is 0 Å². The summed E-state index contributed by atoms with van der Waals surface area (Å²) in [6, 6.07) is 10.6. The molecular weight excluding hydrogens is 465 g/mol. The number of aliphatic hydroxyl groups is 1. The second-order valence-corrected chi connectivity index (χ2v) is 10.2. The second-order valence-electron chi connectivity index (χ2n) is 7.43. The lowest BCUT2D eigenvalue weighted by Crippen LogP contribution is -2.30. The van der Waals surface area contributed by atoms with E-state index in [0.29, 0.717) is 23.3 Å². The molecule has 0 spiro atoms. The van der Waals surface area contributed by atoms with Gasteiger partial charge in [0.15, 0.2) is 0 Å². The Morgan fingerprint density at radius 1 is 1.25 bits per heavy atom. The molecule has 0 radical (unpaired) electrons.